The maximum Gasteiger partial charge on any atom is 0.419 e. The standard InChI is InChI=1S/C25H30F3N5O3/c1-36-21-7-2-14(8-20(21)25(26,27)28)10-29-22-19(23(35)31-17-3-5-18(34)6-4-17)11-30-24(32-22)33-12-15-9-16(15)13-33/h2,7-8,11,15-18,34H,3-6,9-10,12-13H2,1H3,(H,31,35)(H,29,30,32)/t15?,16?,17-,18-. The molecule has 2 aromatic rings. The molecule has 3 fully saturated rings. The van der Waals surface area contributed by atoms with Crippen LogP contribution >= 0.6 is 0 Å². The van der Waals surface area contributed by atoms with Crippen molar-refractivity contribution in [3.8, 4) is 5.75 Å². The molecular weight excluding hydrogens is 475 g/mol. The van der Waals surface area contributed by atoms with Gasteiger partial charge < -0.3 is 25.4 Å². The van der Waals surface area contributed by atoms with Crippen molar-refractivity contribution >= 4 is 17.7 Å². The smallest absolute Gasteiger partial charge is 0.419 e. The van der Waals surface area contributed by atoms with Crippen LogP contribution in [0.4, 0.5) is 24.9 Å². The zero-order chi connectivity index (χ0) is 25.4. The maximum atomic E-state index is 13.5. The molecule has 2 saturated carbocycles. The first-order valence-electron chi connectivity index (χ1n) is 12.3. The van der Waals surface area contributed by atoms with E-state index in [1.54, 1.807) is 6.07 Å². The highest BCUT2D eigenvalue weighted by molar-refractivity contribution is 5.98. The van der Waals surface area contributed by atoms with Crippen molar-refractivity contribution in [3.05, 3.63) is 41.1 Å². The second-order valence-corrected chi connectivity index (χ2v) is 9.96. The molecule has 1 aromatic heterocycles. The van der Waals surface area contributed by atoms with Gasteiger partial charge in [0.1, 0.15) is 17.1 Å². The molecule has 8 nitrogen and oxygen atoms in total. The summed E-state index contributed by atoms with van der Waals surface area (Å²) in [6, 6.07) is 3.81. The van der Waals surface area contributed by atoms with Gasteiger partial charge in [0.15, 0.2) is 0 Å². The third-order valence-corrected chi connectivity index (χ3v) is 7.34. The van der Waals surface area contributed by atoms with Crippen molar-refractivity contribution in [2.24, 2.45) is 11.8 Å². The molecule has 194 valence electrons. The number of halogens is 3. The molecule has 0 bridgehead atoms. The molecule has 0 spiro atoms. The monoisotopic (exact) mass is 505 g/mol. The van der Waals surface area contributed by atoms with Crippen LogP contribution in [0.25, 0.3) is 0 Å². The molecule has 2 heterocycles. The van der Waals surface area contributed by atoms with Gasteiger partial charge in [-0.2, -0.15) is 18.2 Å². The third-order valence-electron chi connectivity index (χ3n) is 7.34. The van der Waals surface area contributed by atoms with E-state index in [1.165, 1.54) is 25.8 Å². The number of nitrogens with one attached hydrogen (secondary N) is 2. The molecule has 1 aromatic carbocycles. The number of carbonyl (C=O) groups is 1. The third kappa shape index (κ3) is 5.35. The van der Waals surface area contributed by atoms with E-state index < -0.39 is 11.7 Å². The summed E-state index contributed by atoms with van der Waals surface area (Å²) in [5.74, 6) is 1.51. The Labute approximate surface area is 207 Å². The highest BCUT2D eigenvalue weighted by atomic mass is 19.4. The molecule has 5 rings (SSSR count). The number of rotatable bonds is 7. The van der Waals surface area contributed by atoms with E-state index in [4.69, 9.17) is 4.74 Å². The number of carbonyl (C=O) groups excluding carboxylic acids is 1. The quantitative estimate of drug-likeness (QED) is 0.529. The van der Waals surface area contributed by atoms with Gasteiger partial charge in [0.25, 0.3) is 5.91 Å². The average molecular weight is 506 g/mol. The van der Waals surface area contributed by atoms with Crippen LogP contribution in [0.2, 0.25) is 0 Å². The van der Waals surface area contributed by atoms with Crippen molar-refractivity contribution in [3.63, 3.8) is 0 Å². The summed E-state index contributed by atoms with van der Waals surface area (Å²) >= 11 is 0. The van der Waals surface area contributed by atoms with Gasteiger partial charge in [-0.15, -0.1) is 0 Å². The van der Waals surface area contributed by atoms with E-state index >= 15 is 0 Å². The lowest BCUT2D eigenvalue weighted by atomic mass is 9.93. The lowest BCUT2D eigenvalue weighted by molar-refractivity contribution is -0.138. The number of hydrogen-bond donors (Lipinski definition) is 3. The Morgan fingerprint density at radius 2 is 1.92 bits per heavy atom. The summed E-state index contributed by atoms with van der Waals surface area (Å²) in [7, 11) is 1.20. The molecule has 11 heteroatoms. The largest absolute Gasteiger partial charge is 0.496 e. The fourth-order valence-corrected chi connectivity index (χ4v) is 5.14. The molecule has 1 amide bonds. The SMILES string of the molecule is COc1ccc(CNc2nc(N3CC4CC4C3)ncc2C(=O)N[C@H]2CC[C@H](O)CC2)cc1C(F)(F)F. The fourth-order valence-electron chi connectivity index (χ4n) is 5.14. The van der Waals surface area contributed by atoms with Crippen molar-refractivity contribution in [2.45, 2.75) is 57.0 Å². The Hall–Kier alpha value is -3.08. The Morgan fingerprint density at radius 1 is 1.19 bits per heavy atom. The summed E-state index contributed by atoms with van der Waals surface area (Å²) in [5, 5.41) is 15.8. The lowest BCUT2D eigenvalue weighted by Gasteiger charge is -2.26. The van der Waals surface area contributed by atoms with Gasteiger partial charge >= 0.3 is 6.18 Å². The number of fused-ring (bicyclic) bond motifs is 1. The number of methoxy groups -OCH3 is 1. The predicted octanol–water partition coefficient (Wildman–Crippen LogP) is 3.61. The molecular formula is C25H30F3N5O3. The van der Waals surface area contributed by atoms with E-state index in [0.29, 0.717) is 49.0 Å². The number of benzene rings is 1. The van der Waals surface area contributed by atoms with E-state index in [-0.39, 0.29) is 41.7 Å². The van der Waals surface area contributed by atoms with Crippen molar-refractivity contribution in [2.75, 3.05) is 30.4 Å². The highest BCUT2D eigenvalue weighted by Crippen LogP contribution is 2.45. The number of aliphatic hydroxyl groups excluding tert-OH is 1. The summed E-state index contributed by atoms with van der Waals surface area (Å²) in [6.07, 6.45) is 0.417. The zero-order valence-electron chi connectivity index (χ0n) is 20.0. The number of piperidine rings is 1. The number of alkyl halides is 3. The van der Waals surface area contributed by atoms with E-state index in [0.717, 1.165) is 19.2 Å². The van der Waals surface area contributed by atoms with Crippen molar-refractivity contribution < 1.29 is 27.8 Å². The first-order valence-corrected chi connectivity index (χ1v) is 12.3. The topological polar surface area (TPSA) is 99.6 Å². The Balaban J connectivity index is 1.36. The highest BCUT2D eigenvalue weighted by Gasteiger charge is 2.46. The molecule has 3 N–H and O–H groups in total. The van der Waals surface area contributed by atoms with Crippen LogP contribution in [0.15, 0.2) is 24.4 Å². The number of ether oxygens (including phenoxy) is 1. The van der Waals surface area contributed by atoms with Crippen LogP contribution in [-0.4, -0.2) is 53.3 Å². The lowest BCUT2D eigenvalue weighted by Crippen LogP contribution is -2.39. The van der Waals surface area contributed by atoms with Crippen LogP contribution in [-0.2, 0) is 12.7 Å². The summed E-state index contributed by atoms with van der Waals surface area (Å²) in [4.78, 5) is 24.2. The molecule has 1 aliphatic heterocycles. The molecule has 36 heavy (non-hydrogen) atoms. The van der Waals surface area contributed by atoms with Crippen LogP contribution in [0.1, 0.15) is 53.6 Å². The minimum Gasteiger partial charge on any atom is -0.496 e. The normalized spacial score (nSPS) is 25.3. The summed E-state index contributed by atoms with van der Waals surface area (Å²) < 4.78 is 45.3. The van der Waals surface area contributed by atoms with Gasteiger partial charge in [-0.3, -0.25) is 4.79 Å². The van der Waals surface area contributed by atoms with Gasteiger partial charge in [-0.1, -0.05) is 6.07 Å². The summed E-state index contributed by atoms with van der Waals surface area (Å²) in [5.41, 5.74) is -0.251. The van der Waals surface area contributed by atoms with Crippen LogP contribution in [0.5, 0.6) is 5.75 Å². The minimum absolute atomic E-state index is 0.0324. The zero-order valence-corrected chi connectivity index (χ0v) is 20.0. The van der Waals surface area contributed by atoms with Gasteiger partial charge in [0.2, 0.25) is 5.95 Å². The second kappa shape index (κ2) is 9.76. The molecule has 2 unspecified atom stereocenters. The number of nitrogens with zero attached hydrogens (tertiary/aromatic N) is 3. The Kier molecular flexibility index (Phi) is 6.67. The minimum atomic E-state index is -4.56. The van der Waals surface area contributed by atoms with Gasteiger partial charge in [0, 0.05) is 31.9 Å². The maximum absolute atomic E-state index is 13.5. The second-order valence-electron chi connectivity index (χ2n) is 9.96. The Morgan fingerprint density at radius 3 is 2.58 bits per heavy atom. The first-order chi connectivity index (χ1) is 17.2. The van der Waals surface area contributed by atoms with E-state index in [2.05, 4.69) is 25.5 Å². The number of anilines is 2. The molecule has 1 saturated heterocycles. The number of hydrogen-bond acceptors (Lipinski definition) is 7. The van der Waals surface area contributed by atoms with E-state index in [1.807, 2.05) is 0 Å². The molecule has 0 radical (unpaired) electrons. The van der Waals surface area contributed by atoms with Crippen molar-refractivity contribution in [1.29, 1.82) is 0 Å². The number of aliphatic hydroxyl groups is 1. The average Bonchev–Trinajstić information content (AvgIpc) is 3.47. The molecule has 2 aliphatic carbocycles. The Bertz CT molecular complexity index is 1110. The van der Waals surface area contributed by atoms with Gasteiger partial charge in [-0.05, 0) is 61.6 Å². The number of amides is 1. The number of aromatic nitrogens is 2. The molecule has 3 aliphatic rings. The van der Waals surface area contributed by atoms with Crippen LogP contribution < -0.4 is 20.3 Å². The van der Waals surface area contributed by atoms with Gasteiger partial charge in [-0.25, -0.2) is 4.98 Å². The molecule has 2 atom stereocenters. The van der Waals surface area contributed by atoms with Crippen molar-refractivity contribution in [1.82, 2.24) is 15.3 Å². The fraction of sp³-hybridized carbons (Fsp3) is 0.560. The van der Waals surface area contributed by atoms with E-state index in [9.17, 15) is 23.1 Å². The summed E-state index contributed by atoms with van der Waals surface area (Å²) in [6.45, 7) is 1.77. The van der Waals surface area contributed by atoms with Gasteiger partial charge in [0.05, 0.1) is 18.8 Å². The van der Waals surface area contributed by atoms with Crippen LogP contribution in [0.3, 0.4) is 0 Å². The predicted molar refractivity (Wildman–Crippen MR) is 127 cm³/mol. The van der Waals surface area contributed by atoms with Crippen LogP contribution in [0, 0.1) is 11.8 Å². The first kappa shape index (κ1) is 24.6.